The molecule has 1 atom stereocenters. The van der Waals surface area contributed by atoms with Gasteiger partial charge < -0.3 is 9.84 Å². The Morgan fingerprint density at radius 3 is 2.39 bits per heavy atom. The van der Waals surface area contributed by atoms with E-state index < -0.39 is 11.9 Å². The lowest BCUT2D eigenvalue weighted by atomic mass is 9.91. The molecule has 0 aliphatic heterocycles. The maximum Gasteiger partial charge on any atom is 0.311 e. The highest BCUT2D eigenvalue weighted by atomic mass is 16.5. The van der Waals surface area contributed by atoms with Gasteiger partial charge in [0, 0.05) is 0 Å². The molecular formula is C20H24O3. The van der Waals surface area contributed by atoms with Crippen LogP contribution in [0, 0.1) is 0 Å². The molecule has 0 aliphatic carbocycles. The highest BCUT2D eigenvalue weighted by Gasteiger charge is 2.21. The molecule has 2 rings (SSSR count). The van der Waals surface area contributed by atoms with E-state index in [1.165, 1.54) is 5.56 Å². The fourth-order valence-corrected chi connectivity index (χ4v) is 2.58. The van der Waals surface area contributed by atoms with E-state index in [9.17, 15) is 9.90 Å². The lowest BCUT2D eigenvalue weighted by molar-refractivity contribution is -0.138. The second-order valence-electron chi connectivity index (χ2n) is 5.65. The van der Waals surface area contributed by atoms with E-state index in [4.69, 9.17) is 4.74 Å². The second-order valence-corrected chi connectivity index (χ2v) is 5.65. The molecule has 0 saturated carbocycles. The number of aryl methyl sites for hydroxylation is 1. The summed E-state index contributed by atoms with van der Waals surface area (Å²) < 4.78 is 5.75. The molecule has 23 heavy (non-hydrogen) atoms. The molecular weight excluding hydrogens is 288 g/mol. The van der Waals surface area contributed by atoms with Crippen LogP contribution < -0.4 is 4.74 Å². The highest BCUT2D eigenvalue weighted by molar-refractivity contribution is 5.76. The number of carbonyl (C=O) groups is 1. The Morgan fingerprint density at radius 1 is 1.09 bits per heavy atom. The molecule has 3 nitrogen and oxygen atoms in total. The minimum Gasteiger partial charge on any atom is -0.493 e. The smallest absolute Gasteiger partial charge is 0.311 e. The number of rotatable bonds is 8. The maximum atomic E-state index is 11.7. The average Bonchev–Trinajstić information content (AvgIpc) is 2.58. The molecule has 0 heterocycles. The first-order chi connectivity index (χ1) is 11.2. The SMILES string of the molecule is CCCOc1ccccc1CC(C(=O)O)c1ccc(CC)cc1. The summed E-state index contributed by atoms with van der Waals surface area (Å²) in [6.07, 6.45) is 2.31. The van der Waals surface area contributed by atoms with E-state index >= 15 is 0 Å². The molecule has 0 aliphatic rings. The third kappa shape index (κ3) is 4.59. The molecule has 2 aromatic rings. The fourth-order valence-electron chi connectivity index (χ4n) is 2.58. The normalized spacial score (nSPS) is 11.9. The van der Waals surface area contributed by atoms with Crippen molar-refractivity contribution < 1.29 is 14.6 Å². The van der Waals surface area contributed by atoms with Gasteiger partial charge in [-0.15, -0.1) is 0 Å². The zero-order chi connectivity index (χ0) is 16.7. The van der Waals surface area contributed by atoms with Crippen molar-refractivity contribution in [3.63, 3.8) is 0 Å². The molecule has 2 aromatic carbocycles. The lowest BCUT2D eigenvalue weighted by Crippen LogP contribution is -2.15. The topological polar surface area (TPSA) is 46.5 Å². The largest absolute Gasteiger partial charge is 0.493 e. The summed E-state index contributed by atoms with van der Waals surface area (Å²) in [6, 6.07) is 15.6. The first kappa shape index (κ1) is 17.1. The van der Waals surface area contributed by atoms with Gasteiger partial charge in [-0.05, 0) is 42.0 Å². The summed E-state index contributed by atoms with van der Waals surface area (Å²) >= 11 is 0. The Hall–Kier alpha value is -2.29. The van der Waals surface area contributed by atoms with Gasteiger partial charge in [-0.25, -0.2) is 0 Å². The summed E-state index contributed by atoms with van der Waals surface area (Å²) in [7, 11) is 0. The van der Waals surface area contributed by atoms with Crippen LogP contribution in [0.5, 0.6) is 5.75 Å². The van der Waals surface area contributed by atoms with E-state index in [1.807, 2.05) is 48.5 Å². The third-order valence-electron chi connectivity index (χ3n) is 3.95. The lowest BCUT2D eigenvalue weighted by Gasteiger charge is -2.16. The number of hydrogen-bond acceptors (Lipinski definition) is 2. The Labute approximate surface area is 137 Å². The number of para-hydroxylation sites is 1. The number of ether oxygens (including phenoxy) is 1. The summed E-state index contributed by atoms with van der Waals surface area (Å²) in [4.78, 5) is 11.7. The van der Waals surface area contributed by atoms with E-state index in [1.54, 1.807) is 0 Å². The van der Waals surface area contributed by atoms with Crippen LogP contribution in [0.2, 0.25) is 0 Å². The van der Waals surface area contributed by atoms with Crippen LogP contribution in [-0.2, 0) is 17.6 Å². The van der Waals surface area contributed by atoms with Gasteiger partial charge in [0.05, 0.1) is 12.5 Å². The number of carboxylic acids is 1. The Balaban J connectivity index is 2.24. The minimum atomic E-state index is -0.806. The number of aliphatic carboxylic acids is 1. The van der Waals surface area contributed by atoms with E-state index in [0.29, 0.717) is 13.0 Å². The van der Waals surface area contributed by atoms with E-state index in [-0.39, 0.29) is 0 Å². The minimum absolute atomic E-state index is 0.431. The van der Waals surface area contributed by atoms with Crippen molar-refractivity contribution in [3.8, 4) is 5.75 Å². The van der Waals surface area contributed by atoms with Gasteiger partial charge in [-0.3, -0.25) is 4.79 Å². The molecule has 122 valence electrons. The highest BCUT2D eigenvalue weighted by Crippen LogP contribution is 2.27. The second kappa shape index (κ2) is 8.37. The Kier molecular flexibility index (Phi) is 6.21. The molecule has 1 unspecified atom stereocenters. The number of carboxylic acid groups (broad SMARTS) is 1. The Bertz CT molecular complexity index is 632. The first-order valence-electron chi connectivity index (χ1n) is 8.18. The zero-order valence-corrected chi connectivity index (χ0v) is 13.8. The monoisotopic (exact) mass is 312 g/mol. The summed E-state index contributed by atoms with van der Waals surface area (Å²) in [5.74, 6) is -0.586. The number of benzene rings is 2. The van der Waals surface area contributed by atoms with Crippen LogP contribution in [-0.4, -0.2) is 17.7 Å². The molecule has 0 fully saturated rings. The van der Waals surface area contributed by atoms with Crippen LogP contribution in [0.25, 0.3) is 0 Å². The van der Waals surface area contributed by atoms with Crippen LogP contribution in [0.1, 0.15) is 42.9 Å². The van der Waals surface area contributed by atoms with Crippen molar-refractivity contribution in [2.75, 3.05) is 6.61 Å². The predicted octanol–water partition coefficient (Wildman–Crippen LogP) is 4.45. The molecule has 0 aromatic heterocycles. The van der Waals surface area contributed by atoms with Crippen LogP contribution in [0.4, 0.5) is 0 Å². The van der Waals surface area contributed by atoms with Gasteiger partial charge >= 0.3 is 5.97 Å². The van der Waals surface area contributed by atoms with Crippen molar-refractivity contribution in [1.82, 2.24) is 0 Å². The summed E-state index contributed by atoms with van der Waals surface area (Å²) in [5, 5.41) is 9.64. The first-order valence-corrected chi connectivity index (χ1v) is 8.18. The van der Waals surface area contributed by atoms with Crippen molar-refractivity contribution in [2.24, 2.45) is 0 Å². The fraction of sp³-hybridized carbons (Fsp3) is 0.350. The molecule has 0 saturated heterocycles. The van der Waals surface area contributed by atoms with Crippen molar-refractivity contribution >= 4 is 5.97 Å². The van der Waals surface area contributed by atoms with Crippen molar-refractivity contribution in [2.45, 2.75) is 39.0 Å². The predicted molar refractivity (Wildman–Crippen MR) is 92.1 cm³/mol. The maximum absolute atomic E-state index is 11.7. The zero-order valence-electron chi connectivity index (χ0n) is 13.8. The average molecular weight is 312 g/mol. The molecule has 0 spiro atoms. The van der Waals surface area contributed by atoms with Crippen molar-refractivity contribution in [1.29, 1.82) is 0 Å². The Morgan fingerprint density at radius 2 is 1.78 bits per heavy atom. The molecule has 0 amide bonds. The standard InChI is InChI=1S/C20H24O3/c1-3-13-23-19-8-6-5-7-17(19)14-18(20(21)22)16-11-9-15(4-2)10-12-16/h5-12,18H,3-4,13-14H2,1-2H3,(H,21,22). The van der Waals surface area contributed by atoms with Crippen LogP contribution in [0.15, 0.2) is 48.5 Å². The van der Waals surface area contributed by atoms with Crippen LogP contribution in [0.3, 0.4) is 0 Å². The van der Waals surface area contributed by atoms with Gasteiger partial charge in [0.25, 0.3) is 0 Å². The van der Waals surface area contributed by atoms with Gasteiger partial charge in [0.1, 0.15) is 5.75 Å². The van der Waals surface area contributed by atoms with Gasteiger partial charge in [0.2, 0.25) is 0 Å². The molecule has 1 N–H and O–H groups in total. The van der Waals surface area contributed by atoms with E-state index in [2.05, 4.69) is 13.8 Å². The van der Waals surface area contributed by atoms with E-state index in [0.717, 1.165) is 29.7 Å². The van der Waals surface area contributed by atoms with Gasteiger partial charge in [-0.2, -0.15) is 0 Å². The molecule has 3 heteroatoms. The van der Waals surface area contributed by atoms with Gasteiger partial charge in [0.15, 0.2) is 0 Å². The number of hydrogen-bond donors (Lipinski definition) is 1. The van der Waals surface area contributed by atoms with Crippen molar-refractivity contribution in [3.05, 3.63) is 65.2 Å². The quantitative estimate of drug-likeness (QED) is 0.783. The summed E-state index contributed by atoms with van der Waals surface area (Å²) in [6.45, 7) is 4.78. The molecule has 0 bridgehead atoms. The third-order valence-corrected chi connectivity index (χ3v) is 3.95. The van der Waals surface area contributed by atoms with Gasteiger partial charge in [-0.1, -0.05) is 56.3 Å². The summed E-state index contributed by atoms with van der Waals surface area (Å²) in [5.41, 5.74) is 2.98. The molecule has 0 radical (unpaired) electrons. The van der Waals surface area contributed by atoms with Crippen LogP contribution >= 0.6 is 0 Å².